The van der Waals surface area contributed by atoms with Gasteiger partial charge >= 0.3 is 6.09 Å². The normalized spacial score (nSPS) is 15.2. The molecule has 1 aliphatic heterocycles. The van der Waals surface area contributed by atoms with Crippen LogP contribution in [-0.2, 0) is 23.8 Å². The van der Waals surface area contributed by atoms with Gasteiger partial charge in [-0.05, 0) is 39.5 Å². The first-order valence-electron chi connectivity index (χ1n) is 9.79. The molecule has 0 atom stereocenters. The van der Waals surface area contributed by atoms with Gasteiger partial charge in [0.2, 0.25) is 11.8 Å². The van der Waals surface area contributed by atoms with Crippen LogP contribution >= 0.6 is 0 Å². The lowest BCUT2D eigenvalue weighted by atomic mass is 9.96. The molecule has 162 valence electrons. The smallest absolute Gasteiger partial charge is 0.407 e. The number of nitrogens with zero attached hydrogens (tertiary/aromatic N) is 1. The third-order valence-electron chi connectivity index (χ3n) is 4.23. The quantitative estimate of drug-likeness (QED) is 0.527. The maximum absolute atomic E-state index is 12.2. The molecule has 0 aliphatic carbocycles. The van der Waals surface area contributed by atoms with Gasteiger partial charge in [-0.15, -0.1) is 0 Å². The molecule has 1 saturated heterocycles. The minimum atomic E-state index is -0.554. The molecule has 0 aromatic rings. The van der Waals surface area contributed by atoms with E-state index in [1.807, 2.05) is 4.90 Å². The third kappa shape index (κ3) is 11.1. The van der Waals surface area contributed by atoms with Crippen LogP contribution in [0.25, 0.3) is 0 Å². The number of rotatable bonds is 10. The number of alkyl carbamates (subject to hydrolysis) is 1. The zero-order valence-electron chi connectivity index (χ0n) is 17.5. The molecule has 2 N–H and O–H groups in total. The van der Waals surface area contributed by atoms with Crippen LogP contribution in [0.4, 0.5) is 4.79 Å². The van der Waals surface area contributed by atoms with Crippen molar-refractivity contribution in [3.63, 3.8) is 0 Å². The largest absolute Gasteiger partial charge is 0.444 e. The van der Waals surface area contributed by atoms with E-state index < -0.39 is 11.7 Å². The maximum Gasteiger partial charge on any atom is 0.407 e. The van der Waals surface area contributed by atoms with Crippen LogP contribution in [0.2, 0.25) is 0 Å². The van der Waals surface area contributed by atoms with Crippen molar-refractivity contribution in [3.8, 4) is 0 Å². The molecular weight excluding hydrogens is 366 g/mol. The summed E-state index contributed by atoms with van der Waals surface area (Å²) in [6.45, 7) is 8.44. The van der Waals surface area contributed by atoms with Gasteiger partial charge in [-0.1, -0.05) is 0 Å². The zero-order chi connectivity index (χ0) is 21.0. The van der Waals surface area contributed by atoms with Gasteiger partial charge in [0.25, 0.3) is 0 Å². The summed E-state index contributed by atoms with van der Waals surface area (Å²) < 4.78 is 15.2. The molecule has 1 aliphatic rings. The molecule has 0 unspecified atom stereocenters. The number of amides is 3. The minimum Gasteiger partial charge on any atom is -0.444 e. The fourth-order valence-corrected chi connectivity index (χ4v) is 2.75. The van der Waals surface area contributed by atoms with Gasteiger partial charge in [-0.25, -0.2) is 4.79 Å². The van der Waals surface area contributed by atoms with E-state index in [0.717, 1.165) is 12.8 Å². The van der Waals surface area contributed by atoms with Gasteiger partial charge in [0.1, 0.15) is 12.2 Å². The Bertz CT molecular complexity index is 498. The SMILES string of the molecule is COCCOCC(=O)NCC1CCN(C(=O)CCNC(=O)OC(C)(C)C)CC1. The van der Waals surface area contributed by atoms with Gasteiger partial charge in [-0.3, -0.25) is 9.59 Å². The molecule has 0 aromatic carbocycles. The second-order valence-corrected chi connectivity index (χ2v) is 7.85. The van der Waals surface area contributed by atoms with Crippen molar-refractivity contribution in [3.05, 3.63) is 0 Å². The van der Waals surface area contributed by atoms with Gasteiger partial charge in [-0.2, -0.15) is 0 Å². The van der Waals surface area contributed by atoms with E-state index >= 15 is 0 Å². The maximum atomic E-state index is 12.2. The van der Waals surface area contributed by atoms with Crippen molar-refractivity contribution in [2.75, 3.05) is 53.1 Å². The van der Waals surface area contributed by atoms with Crippen molar-refractivity contribution < 1.29 is 28.6 Å². The number of hydrogen-bond donors (Lipinski definition) is 2. The zero-order valence-corrected chi connectivity index (χ0v) is 17.5. The number of methoxy groups -OCH3 is 1. The Labute approximate surface area is 167 Å². The molecule has 0 bridgehead atoms. The second-order valence-electron chi connectivity index (χ2n) is 7.85. The average Bonchev–Trinajstić information content (AvgIpc) is 2.62. The van der Waals surface area contributed by atoms with Crippen LogP contribution in [0.3, 0.4) is 0 Å². The van der Waals surface area contributed by atoms with Gasteiger partial charge < -0.3 is 29.7 Å². The van der Waals surface area contributed by atoms with Crippen LogP contribution in [-0.4, -0.2) is 81.5 Å². The molecule has 28 heavy (non-hydrogen) atoms. The van der Waals surface area contributed by atoms with Crippen LogP contribution in [0, 0.1) is 5.92 Å². The summed E-state index contributed by atoms with van der Waals surface area (Å²) in [6, 6.07) is 0. The molecule has 1 rings (SSSR count). The molecule has 9 heteroatoms. The third-order valence-corrected chi connectivity index (χ3v) is 4.23. The molecule has 0 aromatic heterocycles. The molecule has 0 spiro atoms. The van der Waals surface area contributed by atoms with E-state index in [1.54, 1.807) is 27.9 Å². The number of carbonyl (C=O) groups excluding carboxylic acids is 3. The highest BCUT2D eigenvalue weighted by Crippen LogP contribution is 2.17. The van der Waals surface area contributed by atoms with Crippen LogP contribution in [0.5, 0.6) is 0 Å². The van der Waals surface area contributed by atoms with E-state index in [2.05, 4.69) is 10.6 Å². The van der Waals surface area contributed by atoms with Gasteiger partial charge in [0, 0.05) is 39.7 Å². The summed E-state index contributed by atoms with van der Waals surface area (Å²) >= 11 is 0. The lowest BCUT2D eigenvalue weighted by molar-refractivity contribution is -0.133. The number of piperidine rings is 1. The summed E-state index contributed by atoms with van der Waals surface area (Å²) in [7, 11) is 1.58. The Hall–Kier alpha value is -1.87. The summed E-state index contributed by atoms with van der Waals surface area (Å²) in [6.07, 6.45) is 1.42. The highest BCUT2D eigenvalue weighted by atomic mass is 16.6. The van der Waals surface area contributed by atoms with Crippen molar-refractivity contribution in [1.29, 1.82) is 0 Å². The van der Waals surface area contributed by atoms with Gasteiger partial charge in [0.15, 0.2) is 0 Å². The van der Waals surface area contributed by atoms with Crippen LogP contribution in [0.15, 0.2) is 0 Å². The summed E-state index contributed by atoms with van der Waals surface area (Å²) in [4.78, 5) is 37.3. The van der Waals surface area contributed by atoms with Crippen molar-refractivity contribution in [2.24, 2.45) is 5.92 Å². The predicted molar refractivity (Wildman–Crippen MR) is 104 cm³/mol. The first kappa shape index (κ1) is 24.2. The fraction of sp³-hybridized carbons (Fsp3) is 0.842. The number of ether oxygens (including phenoxy) is 3. The monoisotopic (exact) mass is 401 g/mol. The summed E-state index contributed by atoms with van der Waals surface area (Å²) in [5, 5.41) is 5.47. The van der Waals surface area contributed by atoms with Crippen LogP contribution < -0.4 is 10.6 Å². The average molecular weight is 402 g/mol. The van der Waals surface area contributed by atoms with Crippen molar-refractivity contribution in [2.45, 2.75) is 45.6 Å². The van der Waals surface area contributed by atoms with Crippen LogP contribution in [0.1, 0.15) is 40.0 Å². The first-order valence-corrected chi connectivity index (χ1v) is 9.79. The van der Waals surface area contributed by atoms with E-state index in [9.17, 15) is 14.4 Å². The first-order chi connectivity index (χ1) is 13.2. The molecule has 1 fully saturated rings. The molecule has 0 radical (unpaired) electrons. The fourth-order valence-electron chi connectivity index (χ4n) is 2.75. The van der Waals surface area contributed by atoms with E-state index in [4.69, 9.17) is 14.2 Å². The molecule has 9 nitrogen and oxygen atoms in total. The highest BCUT2D eigenvalue weighted by molar-refractivity contribution is 5.77. The number of hydrogen-bond acceptors (Lipinski definition) is 6. The molecule has 1 heterocycles. The second kappa shape index (κ2) is 12.6. The number of likely N-dealkylation sites (tertiary alicyclic amines) is 1. The number of nitrogens with one attached hydrogen (secondary N) is 2. The Morgan fingerprint density at radius 1 is 1.07 bits per heavy atom. The molecular formula is C19H35N3O6. The van der Waals surface area contributed by atoms with E-state index in [-0.39, 0.29) is 31.4 Å². The van der Waals surface area contributed by atoms with Crippen molar-refractivity contribution >= 4 is 17.9 Å². The minimum absolute atomic E-state index is 0.0186. The van der Waals surface area contributed by atoms with Gasteiger partial charge in [0.05, 0.1) is 13.2 Å². The highest BCUT2D eigenvalue weighted by Gasteiger charge is 2.23. The summed E-state index contributed by atoms with van der Waals surface area (Å²) in [5.74, 6) is 0.236. The Balaban J connectivity index is 2.14. The molecule has 3 amide bonds. The van der Waals surface area contributed by atoms with E-state index in [0.29, 0.717) is 38.8 Å². The topological polar surface area (TPSA) is 106 Å². The van der Waals surface area contributed by atoms with E-state index in [1.165, 1.54) is 0 Å². The standard InChI is InChI=1S/C19H35N3O6/c1-19(2,3)28-18(25)20-8-5-17(24)22-9-6-15(7-10-22)13-21-16(23)14-27-12-11-26-4/h15H,5-14H2,1-4H3,(H,20,25)(H,21,23). The predicted octanol–water partition coefficient (Wildman–Crippen LogP) is 0.919. The number of carbonyl (C=O) groups is 3. The molecule has 0 saturated carbocycles. The summed E-state index contributed by atoms with van der Waals surface area (Å²) in [5.41, 5.74) is -0.554. The van der Waals surface area contributed by atoms with Crippen molar-refractivity contribution in [1.82, 2.24) is 15.5 Å². The lowest BCUT2D eigenvalue weighted by Gasteiger charge is -2.32. The Morgan fingerprint density at radius 3 is 2.36 bits per heavy atom. The Kier molecular flexibility index (Phi) is 10.8. The Morgan fingerprint density at radius 2 is 1.75 bits per heavy atom. The lowest BCUT2D eigenvalue weighted by Crippen LogP contribution is -2.43.